The van der Waals surface area contributed by atoms with Crippen molar-refractivity contribution in [2.24, 2.45) is 5.73 Å². The first kappa shape index (κ1) is 25.7. The molecule has 0 aliphatic carbocycles. The van der Waals surface area contributed by atoms with E-state index in [9.17, 15) is 18.3 Å². The number of hydrogen-bond donors (Lipinski definition) is 2. The Labute approximate surface area is 207 Å². The van der Waals surface area contributed by atoms with Gasteiger partial charge in [0.25, 0.3) is 0 Å². The second-order valence-electron chi connectivity index (χ2n) is 7.73. The van der Waals surface area contributed by atoms with Crippen LogP contribution in [0.2, 0.25) is 0 Å². The lowest BCUT2D eigenvalue weighted by molar-refractivity contribution is -0.221. The molecule has 2 heterocycles. The quantitative estimate of drug-likeness (QED) is 0.432. The molecule has 0 spiro atoms. The minimum atomic E-state index is -4.65. The van der Waals surface area contributed by atoms with E-state index in [0.29, 0.717) is 4.47 Å². The Morgan fingerprint density at radius 2 is 2.00 bits per heavy atom. The largest absolute Gasteiger partial charge is 0.418 e. The lowest BCUT2D eigenvalue weighted by Gasteiger charge is -2.25. The molecule has 3 aromatic rings. The summed E-state index contributed by atoms with van der Waals surface area (Å²) in [7, 11) is 0. The second-order valence-corrected chi connectivity index (χ2v) is 8.65. The van der Waals surface area contributed by atoms with Crippen LogP contribution in [0.5, 0.6) is 0 Å². The highest BCUT2D eigenvalue weighted by Gasteiger charge is 2.37. The summed E-state index contributed by atoms with van der Waals surface area (Å²) in [5, 5.41) is 16.1. The second kappa shape index (κ2) is 10.7. The maximum atomic E-state index is 13.7. The maximum absolute atomic E-state index is 13.7. The summed E-state index contributed by atoms with van der Waals surface area (Å²) in [6, 6.07) is 12.7. The smallest absolute Gasteiger partial charge is 0.389 e. The molecule has 9 nitrogen and oxygen atoms in total. The van der Waals surface area contributed by atoms with E-state index in [1.807, 2.05) is 30.3 Å². The van der Waals surface area contributed by atoms with Crippen LogP contribution in [-0.4, -0.2) is 51.0 Å². The molecule has 13 heteroatoms. The van der Waals surface area contributed by atoms with Crippen molar-refractivity contribution in [3.63, 3.8) is 0 Å². The Morgan fingerprint density at radius 3 is 2.69 bits per heavy atom. The fourth-order valence-electron chi connectivity index (χ4n) is 3.54. The first-order valence-corrected chi connectivity index (χ1v) is 11.4. The summed E-state index contributed by atoms with van der Waals surface area (Å²) in [6.45, 7) is 1.19. The van der Waals surface area contributed by atoms with E-state index in [0.717, 1.165) is 16.3 Å². The van der Waals surface area contributed by atoms with Crippen LogP contribution in [0.4, 0.5) is 13.2 Å². The van der Waals surface area contributed by atoms with Gasteiger partial charge in [-0.15, -0.1) is 5.06 Å². The van der Waals surface area contributed by atoms with E-state index in [-0.39, 0.29) is 37.3 Å². The van der Waals surface area contributed by atoms with Crippen LogP contribution < -0.4 is 5.73 Å². The highest BCUT2D eigenvalue weighted by molar-refractivity contribution is 9.10. The normalized spacial score (nSPS) is 18.7. The first-order chi connectivity index (χ1) is 16.7. The third kappa shape index (κ3) is 5.89. The number of hydroxylamine groups is 2. The molecule has 4 rings (SSSR count). The number of aryl methyl sites for hydroxylation is 1. The van der Waals surface area contributed by atoms with Crippen LogP contribution in [0.25, 0.3) is 5.69 Å². The van der Waals surface area contributed by atoms with Crippen molar-refractivity contribution in [1.82, 2.24) is 19.8 Å². The minimum absolute atomic E-state index is 0.0382. The maximum Gasteiger partial charge on any atom is 0.418 e. The number of rotatable bonds is 8. The molecular formula is C22H23BrF3N5O4. The molecule has 0 amide bonds. The molecule has 35 heavy (non-hydrogen) atoms. The first-order valence-electron chi connectivity index (χ1n) is 10.6. The average Bonchev–Trinajstić information content (AvgIpc) is 3.45. The third-order valence-corrected chi connectivity index (χ3v) is 5.65. The zero-order valence-corrected chi connectivity index (χ0v) is 20.1. The van der Waals surface area contributed by atoms with Crippen molar-refractivity contribution < 1.29 is 32.6 Å². The van der Waals surface area contributed by atoms with Gasteiger partial charge in [0.15, 0.2) is 5.82 Å². The Bertz CT molecular complexity index is 1150. The molecule has 1 aromatic heterocycles. The molecule has 3 atom stereocenters. The van der Waals surface area contributed by atoms with Crippen molar-refractivity contribution >= 4 is 15.9 Å². The lowest BCUT2D eigenvalue weighted by atomic mass is 10.1. The van der Waals surface area contributed by atoms with E-state index >= 15 is 0 Å². The van der Waals surface area contributed by atoms with Crippen molar-refractivity contribution in [1.29, 1.82) is 0 Å². The highest BCUT2D eigenvalue weighted by atomic mass is 79.9. The van der Waals surface area contributed by atoms with Crippen molar-refractivity contribution in [2.45, 2.75) is 31.6 Å². The molecule has 1 fully saturated rings. The molecule has 1 saturated heterocycles. The van der Waals surface area contributed by atoms with Gasteiger partial charge in [0.1, 0.15) is 25.4 Å². The van der Waals surface area contributed by atoms with E-state index in [2.05, 4.69) is 26.0 Å². The summed E-state index contributed by atoms with van der Waals surface area (Å²) >= 11 is 3.21. The minimum Gasteiger partial charge on any atom is -0.389 e. The molecule has 0 bridgehead atoms. The van der Waals surface area contributed by atoms with E-state index in [4.69, 9.17) is 20.0 Å². The Balaban J connectivity index is 1.60. The zero-order valence-electron chi connectivity index (χ0n) is 18.5. The number of benzene rings is 2. The Kier molecular flexibility index (Phi) is 7.86. The summed E-state index contributed by atoms with van der Waals surface area (Å²) in [5.41, 5.74) is 5.28. The number of aliphatic hydroxyl groups is 1. The van der Waals surface area contributed by atoms with Gasteiger partial charge < -0.3 is 20.3 Å². The molecule has 2 aromatic carbocycles. The number of aliphatic hydroxyl groups excluding tert-OH is 1. The van der Waals surface area contributed by atoms with Crippen LogP contribution in [-0.2, 0) is 20.5 Å². The van der Waals surface area contributed by atoms with Gasteiger partial charge in [-0.1, -0.05) is 46.3 Å². The van der Waals surface area contributed by atoms with Crippen LogP contribution in [0.3, 0.4) is 0 Å². The standard InChI is InChI=1S/C22H23BrF3N5O4/c1-13-28-20(31(29-13)17-9-15(23)7-8-16(17)22(24,25)26)19(18(32)10-27)33-11-30-12-34-21(35-30)14-5-3-2-4-6-14/h2-9,18-19,21,32H,10-12,27H2,1H3/t18-,19?,21?/m0/s1. The Hall–Kier alpha value is -2.39. The lowest BCUT2D eigenvalue weighted by Crippen LogP contribution is -2.34. The van der Waals surface area contributed by atoms with Gasteiger partial charge in [-0.2, -0.15) is 18.3 Å². The van der Waals surface area contributed by atoms with Crippen LogP contribution in [0, 0.1) is 6.92 Å². The number of aromatic nitrogens is 3. The van der Waals surface area contributed by atoms with Crippen LogP contribution in [0.15, 0.2) is 53.0 Å². The number of nitrogens with zero attached hydrogens (tertiary/aromatic N) is 4. The molecular weight excluding hydrogens is 535 g/mol. The average molecular weight is 558 g/mol. The van der Waals surface area contributed by atoms with E-state index in [1.54, 1.807) is 0 Å². The topological polar surface area (TPSA) is 108 Å². The van der Waals surface area contributed by atoms with E-state index < -0.39 is 30.2 Å². The fraction of sp³-hybridized carbons (Fsp3) is 0.364. The molecule has 0 radical (unpaired) electrons. The molecule has 3 N–H and O–H groups in total. The number of ether oxygens (including phenoxy) is 2. The van der Waals surface area contributed by atoms with Gasteiger partial charge in [-0.05, 0) is 25.1 Å². The molecule has 1 aliphatic rings. The summed E-state index contributed by atoms with van der Waals surface area (Å²) in [6.07, 6.45) is -7.78. The van der Waals surface area contributed by atoms with Crippen molar-refractivity contribution in [3.05, 3.63) is 75.8 Å². The SMILES string of the molecule is Cc1nc(C(OCN2COC(c3ccccc3)O2)[C@@H](O)CN)n(-c2cc(Br)ccc2C(F)(F)F)n1. The van der Waals surface area contributed by atoms with Crippen LogP contribution >= 0.6 is 15.9 Å². The summed E-state index contributed by atoms with van der Waals surface area (Å²) in [5.74, 6) is 0.152. The van der Waals surface area contributed by atoms with Gasteiger partial charge in [-0.25, -0.2) is 9.67 Å². The molecule has 188 valence electrons. The van der Waals surface area contributed by atoms with Crippen molar-refractivity contribution in [2.75, 3.05) is 20.0 Å². The van der Waals surface area contributed by atoms with Gasteiger partial charge in [-0.3, -0.25) is 4.84 Å². The summed E-state index contributed by atoms with van der Waals surface area (Å²) in [4.78, 5) is 9.98. The van der Waals surface area contributed by atoms with Gasteiger partial charge >= 0.3 is 6.18 Å². The van der Waals surface area contributed by atoms with Gasteiger partial charge in [0.05, 0.1) is 17.4 Å². The monoisotopic (exact) mass is 557 g/mol. The fourth-order valence-corrected chi connectivity index (χ4v) is 3.89. The molecule has 2 unspecified atom stereocenters. The number of halogens is 4. The van der Waals surface area contributed by atoms with Crippen molar-refractivity contribution in [3.8, 4) is 5.69 Å². The zero-order chi connectivity index (χ0) is 25.2. The molecule has 1 aliphatic heterocycles. The highest BCUT2D eigenvalue weighted by Crippen LogP contribution is 2.36. The third-order valence-electron chi connectivity index (χ3n) is 5.16. The summed E-state index contributed by atoms with van der Waals surface area (Å²) < 4.78 is 54.1. The van der Waals surface area contributed by atoms with Gasteiger partial charge in [0.2, 0.25) is 6.29 Å². The Morgan fingerprint density at radius 1 is 1.26 bits per heavy atom. The number of alkyl halides is 3. The van der Waals surface area contributed by atoms with Gasteiger partial charge in [0, 0.05) is 16.6 Å². The molecule has 0 saturated carbocycles. The number of nitrogens with two attached hydrogens (primary N) is 1. The van der Waals surface area contributed by atoms with Crippen LogP contribution in [0.1, 0.15) is 35.2 Å². The van der Waals surface area contributed by atoms with E-state index in [1.165, 1.54) is 24.1 Å². The predicted molar refractivity (Wildman–Crippen MR) is 121 cm³/mol. The predicted octanol–water partition coefficient (Wildman–Crippen LogP) is 3.61. The number of hydrogen-bond acceptors (Lipinski definition) is 8.